The van der Waals surface area contributed by atoms with Crippen molar-refractivity contribution in [1.82, 2.24) is 5.43 Å². The molecular formula is C14H20N2O5. The molecule has 0 fully saturated rings. The number of hydrogen-bond donors (Lipinski definition) is 2. The number of phenols is 1. The highest BCUT2D eigenvalue weighted by Crippen LogP contribution is 2.36. The molecule has 0 aromatic heterocycles. The largest absolute Gasteiger partial charge is 0.502 e. The molecule has 21 heavy (non-hydrogen) atoms. The fourth-order valence-electron chi connectivity index (χ4n) is 1.45. The minimum atomic E-state index is -0.656. The smallest absolute Gasteiger partial charge is 0.428 e. The lowest BCUT2D eigenvalue weighted by Gasteiger charge is -2.18. The molecule has 0 atom stereocenters. The van der Waals surface area contributed by atoms with E-state index in [1.165, 1.54) is 20.4 Å². The molecule has 0 aliphatic carbocycles. The van der Waals surface area contributed by atoms with Crippen LogP contribution in [0.1, 0.15) is 26.3 Å². The molecule has 1 aromatic rings. The third-order valence-corrected chi connectivity index (χ3v) is 2.27. The van der Waals surface area contributed by atoms with Crippen molar-refractivity contribution in [2.24, 2.45) is 5.10 Å². The van der Waals surface area contributed by atoms with Crippen LogP contribution in [0, 0.1) is 0 Å². The van der Waals surface area contributed by atoms with E-state index >= 15 is 0 Å². The lowest BCUT2D eigenvalue weighted by atomic mass is 10.2. The van der Waals surface area contributed by atoms with Gasteiger partial charge >= 0.3 is 6.09 Å². The number of hydrogen-bond acceptors (Lipinski definition) is 6. The maximum Gasteiger partial charge on any atom is 0.428 e. The number of methoxy groups -OCH3 is 2. The molecule has 0 spiro atoms. The van der Waals surface area contributed by atoms with Gasteiger partial charge in [0.1, 0.15) is 5.60 Å². The van der Waals surface area contributed by atoms with Gasteiger partial charge < -0.3 is 19.3 Å². The molecule has 0 saturated carbocycles. The Labute approximate surface area is 123 Å². The summed E-state index contributed by atoms with van der Waals surface area (Å²) < 4.78 is 15.1. The van der Waals surface area contributed by atoms with Gasteiger partial charge in [0.25, 0.3) is 0 Å². The van der Waals surface area contributed by atoms with Crippen molar-refractivity contribution in [2.75, 3.05) is 14.2 Å². The van der Waals surface area contributed by atoms with E-state index < -0.39 is 11.7 Å². The minimum absolute atomic E-state index is 0.0998. The average Bonchev–Trinajstić information content (AvgIpc) is 2.38. The fourth-order valence-corrected chi connectivity index (χ4v) is 1.45. The van der Waals surface area contributed by atoms with Gasteiger partial charge in [0.05, 0.1) is 20.4 Å². The van der Waals surface area contributed by atoms with Crippen molar-refractivity contribution in [3.63, 3.8) is 0 Å². The second kappa shape index (κ2) is 6.83. The molecule has 0 aliphatic rings. The Hall–Kier alpha value is -2.44. The van der Waals surface area contributed by atoms with E-state index in [1.807, 2.05) is 0 Å². The van der Waals surface area contributed by atoms with Gasteiger partial charge in [-0.15, -0.1) is 0 Å². The van der Waals surface area contributed by atoms with Crippen LogP contribution in [0.4, 0.5) is 4.79 Å². The highest BCUT2D eigenvalue weighted by Gasteiger charge is 2.15. The van der Waals surface area contributed by atoms with E-state index in [-0.39, 0.29) is 17.2 Å². The molecule has 0 bridgehead atoms. The van der Waals surface area contributed by atoms with Gasteiger partial charge in [0.15, 0.2) is 11.5 Å². The van der Waals surface area contributed by atoms with Crippen molar-refractivity contribution in [2.45, 2.75) is 26.4 Å². The van der Waals surface area contributed by atoms with Crippen LogP contribution in [0.25, 0.3) is 0 Å². The van der Waals surface area contributed by atoms with Gasteiger partial charge in [0.2, 0.25) is 5.75 Å². The summed E-state index contributed by atoms with van der Waals surface area (Å²) in [5.41, 5.74) is 2.23. The number of ether oxygens (including phenoxy) is 3. The maximum absolute atomic E-state index is 11.4. The van der Waals surface area contributed by atoms with Gasteiger partial charge in [0, 0.05) is 5.56 Å². The van der Waals surface area contributed by atoms with Gasteiger partial charge in [-0.3, -0.25) is 0 Å². The summed E-state index contributed by atoms with van der Waals surface area (Å²) >= 11 is 0. The lowest BCUT2D eigenvalue weighted by molar-refractivity contribution is 0.0529. The highest BCUT2D eigenvalue weighted by molar-refractivity contribution is 5.83. The van der Waals surface area contributed by atoms with E-state index in [0.29, 0.717) is 5.56 Å². The van der Waals surface area contributed by atoms with Gasteiger partial charge in [-0.25, -0.2) is 10.2 Å². The van der Waals surface area contributed by atoms with Crippen LogP contribution in [0.2, 0.25) is 0 Å². The molecule has 7 heteroatoms. The second-order valence-electron chi connectivity index (χ2n) is 5.15. The number of aromatic hydroxyl groups is 1. The standard InChI is InChI=1S/C14H20N2O5/c1-14(2,3)21-13(18)16-15-8-9-6-10(19-4)12(17)11(7-9)20-5/h6-8,17H,1-5H3,(H,16,18)/b15-8-. The molecule has 0 heterocycles. The van der Waals surface area contributed by atoms with Gasteiger partial charge in [-0.2, -0.15) is 5.10 Å². The Balaban J connectivity index is 2.79. The molecule has 1 aromatic carbocycles. The SMILES string of the molecule is COc1cc(/C=N\NC(=O)OC(C)(C)C)cc(OC)c1O. The van der Waals surface area contributed by atoms with Crippen LogP contribution >= 0.6 is 0 Å². The number of benzene rings is 1. The molecular weight excluding hydrogens is 276 g/mol. The molecule has 7 nitrogen and oxygen atoms in total. The Kier molecular flexibility index (Phi) is 5.40. The molecule has 0 radical (unpaired) electrons. The maximum atomic E-state index is 11.4. The Morgan fingerprint density at radius 2 is 1.76 bits per heavy atom. The molecule has 0 saturated heterocycles. The summed E-state index contributed by atoms with van der Waals surface area (Å²) in [6, 6.07) is 3.11. The van der Waals surface area contributed by atoms with Crippen molar-refractivity contribution in [1.29, 1.82) is 0 Å². The molecule has 116 valence electrons. The van der Waals surface area contributed by atoms with Crippen LogP contribution in [0.15, 0.2) is 17.2 Å². The first-order valence-corrected chi connectivity index (χ1v) is 6.24. The fraction of sp³-hybridized carbons (Fsp3) is 0.429. The summed E-state index contributed by atoms with van der Waals surface area (Å²) in [6.07, 6.45) is 0.727. The van der Waals surface area contributed by atoms with Crippen LogP contribution in [0.5, 0.6) is 17.2 Å². The number of nitrogens with one attached hydrogen (secondary N) is 1. The molecule has 1 rings (SSSR count). The summed E-state index contributed by atoms with van der Waals surface area (Å²) in [5, 5.41) is 13.5. The van der Waals surface area contributed by atoms with Crippen LogP contribution in [-0.2, 0) is 4.74 Å². The summed E-state index contributed by atoms with van der Waals surface area (Å²) in [6.45, 7) is 5.27. The van der Waals surface area contributed by atoms with E-state index in [0.717, 1.165) is 0 Å². The first kappa shape index (κ1) is 16.6. The second-order valence-corrected chi connectivity index (χ2v) is 5.15. The zero-order valence-electron chi connectivity index (χ0n) is 12.8. The third kappa shape index (κ3) is 5.21. The number of rotatable bonds is 4. The van der Waals surface area contributed by atoms with Crippen molar-refractivity contribution >= 4 is 12.3 Å². The first-order chi connectivity index (χ1) is 9.76. The van der Waals surface area contributed by atoms with Crippen molar-refractivity contribution in [3.8, 4) is 17.2 Å². The predicted molar refractivity (Wildman–Crippen MR) is 78.2 cm³/mol. The summed E-state index contributed by atoms with van der Waals surface area (Å²) in [5.74, 6) is 0.387. The van der Waals surface area contributed by atoms with Gasteiger partial charge in [-0.05, 0) is 32.9 Å². The number of carbonyl (C=O) groups is 1. The first-order valence-electron chi connectivity index (χ1n) is 6.24. The van der Waals surface area contributed by atoms with Crippen LogP contribution in [0.3, 0.4) is 0 Å². The van der Waals surface area contributed by atoms with Gasteiger partial charge in [-0.1, -0.05) is 0 Å². The zero-order chi connectivity index (χ0) is 16.0. The summed E-state index contributed by atoms with van der Waals surface area (Å²) in [7, 11) is 2.85. The predicted octanol–water partition coefficient (Wildman–Crippen LogP) is 2.27. The average molecular weight is 296 g/mol. The third-order valence-electron chi connectivity index (χ3n) is 2.27. The van der Waals surface area contributed by atoms with E-state index in [1.54, 1.807) is 32.9 Å². The Bertz CT molecular complexity index is 510. The zero-order valence-corrected chi connectivity index (χ0v) is 12.8. The molecule has 1 amide bonds. The Morgan fingerprint density at radius 1 is 1.24 bits per heavy atom. The highest BCUT2D eigenvalue weighted by atomic mass is 16.6. The topological polar surface area (TPSA) is 89.4 Å². The van der Waals surface area contributed by atoms with Crippen LogP contribution < -0.4 is 14.9 Å². The van der Waals surface area contributed by atoms with Crippen molar-refractivity contribution < 1.29 is 24.1 Å². The number of nitrogens with zero attached hydrogens (tertiary/aromatic N) is 1. The monoisotopic (exact) mass is 296 g/mol. The van der Waals surface area contributed by atoms with Crippen LogP contribution in [-0.4, -0.2) is 37.2 Å². The number of hydrazone groups is 1. The van der Waals surface area contributed by atoms with Crippen molar-refractivity contribution in [3.05, 3.63) is 17.7 Å². The molecule has 0 aliphatic heterocycles. The lowest BCUT2D eigenvalue weighted by Crippen LogP contribution is -2.29. The Morgan fingerprint density at radius 3 is 2.19 bits per heavy atom. The van der Waals surface area contributed by atoms with E-state index in [4.69, 9.17) is 14.2 Å². The number of amides is 1. The number of phenolic OH excluding ortho intramolecular Hbond substituents is 1. The summed E-state index contributed by atoms with van der Waals surface area (Å²) in [4.78, 5) is 11.4. The van der Waals surface area contributed by atoms with E-state index in [9.17, 15) is 9.90 Å². The molecule has 0 unspecified atom stereocenters. The minimum Gasteiger partial charge on any atom is -0.502 e. The molecule has 2 N–H and O–H groups in total. The number of carbonyl (C=O) groups excluding carboxylic acids is 1. The van der Waals surface area contributed by atoms with E-state index in [2.05, 4.69) is 10.5 Å². The normalized spacial score (nSPS) is 11.3. The quantitative estimate of drug-likeness (QED) is 0.657.